The van der Waals surface area contributed by atoms with E-state index in [1.54, 1.807) is 0 Å². The molecule has 1 rings (SSSR count). The summed E-state index contributed by atoms with van der Waals surface area (Å²) in [4.78, 5) is 0. The van der Waals surface area contributed by atoms with E-state index in [9.17, 15) is 0 Å². The molecule has 1 saturated heterocycles. The van der Waals surface area contributed by atoms with Gasteiger partial charge in [0.2, 0.25) is 0 Å². The van der Waals surface area contributed by atoms with Crippen LogP contribution >= 0.6 is 0 Å². The molecule has 0 saturated carbocycles. The third kappa shape index (κ3) is 15.7. The maximum absolute atomic E-state index is 5.60. The van der Waals surface area contributed by atoms with E-state index in [1.165, 1.54) is 30.1 Å². The summed E-state index contributed by atoms with van der Waals surface area (Å²) in [5, 5.41) is 0. The fourth-order valence-electron chi connectivity index (χ4n) is 1.54. The van der Waals surface area contributed by atoms with Crippen molar-refractivity contribution in [3.05, 3.63) is 0 Å². The van der Waals surface area contributed by atoms with Gasteiger partial charge in [0.15, 0.2) is 0 Å². The van der Waals surface area contributed by atoms with Crippen molar-refractivity contribution in [3.8, 4) is 0 Å². The van der Waals surface area contributed by atoms with Gasteiger partial charge in [-0.15, -0.1) is 0 Å². The van der Waals surface area contributed by atoms with E-state index in [0.29, 0.717) is 3.43 Å². The molecule has 112 valence electrons. The van der Waals surface area contributed by atoms with Crippen LogP contribution in [-0.4, -0.2) is 69.5 Å². The molecule has 5 heteroatoms. The second-order valence-corrected chi connectivity index (χ2v) is 13.5. The summed E-state index contributed by atoms with van der Waals surface area (Å²) in [6.45, 7) is 12.7. The van der Waals surface area contributed by atoms with Gasteiger partial charge in [-0.2, -0.15) is 0 Å². The van der Waals surface area contributed by atoms with Crippen LogP contribution in [0.3, 0.4) is 0 Å². The molecule has 0 atom stereocenters. The summed E-state index contributed by atoms with van der Waals surface area (Å²) in [5.41, 5.74) is 0. The molecule has 1 heterocycles. The normalized spacial score (nSPS) is 15.8. The zero-order valence-electron chi connectivity index (χ0n) is 13.1. The molecular formula is C14H30O3Sn2. The van der Waals surface area contributed by atoms with E-state index in [4.69, 9.17) is 10.9 Å². The van der Waals surface area contributed by atoms with E-state index < -0.39 is 43.1 Å². The van der Waals surface area contributed by atoms with Crippen LogP contribution in [0.5, 0.6) is 0 Å². The summed E-state index contributed by atoms with van der Waals surface area (Å²) >= 11 is -1.07. The first kappa shape index (κ1) is 20.5. The Hall–Kier alpha value is 1.48. The van der Waals surface area contributed by atoms with E-state index >= 15 is 0 Å². The second-order valence-electron chi connectivity index (χ2n) is 5.17. The van der Waals surface area contributed by atoms with Gasteiger partial charge in [0.05, 0.1) is 0 Å². The van der Waals surface area contributed by atoms with Crippen molar-refractivity contribution in [2.24, 2.45) is 0 Å². The summed E-state index contributed by atoms with van der Waals surface area (Å²) in [6.07, 6.45) is 5.26. The van der Waals surface area contributed by atoms with Crippen molar-refractivity contribution in [3.63, 3.8) is 0 Å². The molecule has 1 fully saturated rings. The second kappa shape index (κ2) is 14.4. The molecule has 0 bridgehead atoms. The number of hydrogen-bond donors (Lipinski definition) is 0. The maximum atomic E-state index is 5.60. The van der Waals surface area contributed by atoms with Crippen molar-refractivity contribution in [1.29, 1.82) is 0 Å². The predicted molar refractivity (Wildman–Crippen MR) is 82.9 cm³/mol. The first-order valence-corrected chi connectivity index (χ1v) is 13.2. The number of rotatable bonds is 8. The van der Waals surface area contributed by atoms with Gasteiger partial charge in [0.25, 0.3) is 0 Å². The minimum atomic E-state index is -0.594. The molecule has 19 heavy (non-hydrogen) atoms. The van der Waals surface area contributed by atoms with Crippen LogP contribution in [0.15, 0.2) is 0 Å². The van der Waals surface area contributed by atoms with Crippen LogP contribution in [0.25, 0.3) is 0 Å². The summed E-state index contributed by atoms with van der Waals surface area (Å²) in [6, 6.07) is 0. The molecule has 0 aromatic heterocycles. The van der Waals surface area contributed by atoms with Crippen LogP contribution in [-0.2, 0) is 10.9 Å². The van der Waals surface area contributed by atoms with Gasteiger partial charge in [-0.3, -0.25) is 0 Å². The van der Waals surface area contributed by atoms with Crippen LogP contribution in [0.2, 0.25) is 7.87 Å². The summed E-state index contributed by atoms with van der Waals surface area (Å²) in [7, 11) is 0. The Morgan fingerprint density at radius 3 is 2.05 bits per heavy atom. The Morgan fingerprint density at radius 1 is 1.00 bits per heavy atom. The number of ether oxygens (including phenoxy) is 1. The van der Waals surface area contributed by atoms with Gasteiger partial charge >= 0.3 is 104 Å². The zero-order valence-corrected chi connectivity index (χ0v) is 18.8. The van der Waals surface area contributed by atoms with Crippen molar-refractivity contribution in [1.82, 2.24) is 0 Å². The Kier molecular flexibility index (Phi) is 15.5. The van der Waals surface area contributed by atoms with Crippen LogP contribution < -0.4 is 0 Å². The molecule has 1 aliphatic heterocycles. The fourth-order valence-corrected chi connectivity index (χ4v) is 8.82. The van der Waals surface area contributed by atoms with Gasteiger partial charge in [-0.1, -0.05) is 0 Å². The molecule has 0 unspecified atom stereocenters. The molecule has 4 radical (unpaired) electrons. The predicted octanol–water partition coefficient (Wildman–Crippen LogP) is 3.49. The third-order valence-corrected chi connectivity index (χ3v) is 8.90. The molecule has 0 aliphatic carbocycles. The summed E-state index contributed by atoms with van der Waals surface area (Å²) in [5.74, 6) is 0. The van der Waals surface area contributed by atoms with Crippen molar-refractivity contribution < 1.29 is 10.9 Å². The molecule has 1 aliphatic rings. The van der Waals surface area contributed by atoms with E-state index in [2.05, 4.69) is 27.7 Å². The zero-order chi connectivity index (χ0) is 14.4. The number of hydrogen-bond acceptors (Lipinski definition) is 3. The van der Waals surface area contributed by atoms with Gasteiger partial charge in [0.1, 0.15) is 0 Å². The van der Waals surface area contributed by atoms with Crippen LogP contribution in [0.1, 0.15) is 53.4 Å². The molecule has 0 N–H and O–H groups in total. The first-order valence-electron chi connectivity index (χ1n) is 7.43. The van der Waals surface area contributed by atoms with Crippen LogP contribution in [0, 0.1) is 0 Å². The minimum absolute atomic E-state index is 0.473. The van der Waals surface area contributed by atoms with E-state index in [1.807, 2.05) is 0 Å². The average molecular weight is 484 g/mol. The topological polar surface area (TPSA) is 27.7 Å². The Labute approximate surface area is 141 Å². The quantitative estimate of drug-likeness (QED) is 0.391. The van der Waals surface area contributed by atoms with Gasteiger partial charge in [-0.05, 0) is 19.3 Å². The molecular weight excluding hydrogens is 454 g/mol. The van der Waals surface area contributed by atoms with Gasteiger partial charge < -0.3 is 4.74 Å². The molecule has 0 aromatic carbocycles. The molecule has 0 amide bonds. The fraction of sp³-hybridized carbons (Fsp3) is 1.00. The van der Waals surface area contributed by atoms with E-state index in [-0.39, 0.29) is 0 Å². The summed E-state index contributed by atoms with van der Waals surface area (Å²) < 4.78 is 18.0. The van der Waals surface area contributed by atoms with Crippen LogP contribution in [0.4, 0.5) is 0 Å². The Morgan fingerprint density at radius 2 is 1.63 bits per heavy atom. The molecule has 0 aromatic rings. The average Bonchev–Trinajstić information content (AvgIpc) is 2.44. The molecule has 0 spiro atoms. The molecule has 3 nitrogen and oxygen atoms in total. The van der Waals surface area contributed by atoms with Gasteiger partial charge in [-0.25, -0.2) is 0 Å². The van der Waals surface area contributed by atoms with Crippen molar-refractivity contribution in [2.45, 2.75) is 61.2 Å². The Balaban J connectivity index is 0.000000443. The standard InChI is InChI=1S/C5H10O.C5H10.2C2H5O.2Sn/c1-2-4-6-5-3-1;1-4-5(2)3;2*1-2-3;;/h1-5H2;1,4H2,2-3H3;2*2H2,1H3;;/q;;2*-1;2*+1. The Bertz CT molecular complexity index is 174. The SMILES string of the molecule is C1CCOCC1.CC[O][Sn][CH2]C[C](C)(C)[Sn][O]CC. The monoisotopic (exact) mass is 486 g/mol. The van der Waals surface area contributed by atoms with Gasteiger partial charge in [0, 0.05) is 13.2 Å². The first-order chi connectivity index (χ1) is 9.12. The third-order valence-electron chi connectivity index (χ3n) is 2.67. The van der Waals surface area contributed by atoms with Crippen molar-refractivity contribution in [2.75, 3.05) is 26.4 Å². The van der Waals surface area contributed by atoms with E-state index in [0.717, 1.165) is 26.4 Å². The van der Waals surface area contributed by atoms with Crippen molar-refractivity contribution >= 4 is 43.1 Å².